The molecule has 0 aliphatic carbocycles. The molecule has 9 nitrogen and oxygen atoms in total. The highest BCUT2D eigenvalue weighted by atomic mass is 32.2. The van der Waals surface area contributed by atoms with Gasteiger partial charge in [-0.1, -0.05) is 36.4 Å². The first-order valence-corrected chi connectivity index (χ1v) is 11.2. The maximum Gasteiger partial charge on any atom is 0.316 e. The summed E-state index contributed by atoms with van der Waals surface area (Å²) in [6, 6.07) is 4.42. The average molecular weight is 449 g/mol. The van der Waals surface area contributed by atoms with Gasteiger partial charge in [0.1, 0.15) is 0 Å². The van der Waals surface area contributed by atoms with E-state index >= 15 is 0 Å². The lowest BCUT2D eigenvalue weighted by Gasteiger charge is -2.12. The summed E-state index contributed by atoms with van der Waals surface area (Å²) in [5, 5.41) is 10.7. The number of nitrogens with one attached hydrogen (secondary N) is 1. The Bertz CT molecular complexity index is 991. The van der Waals surface area contributed by atoms with E-state index in [0.29, 0.717) is 23.1 Å². The Morgan fingerprint density at radius 3 is 2.67 bits per heavy atom. The van der Waals surface area contributed by atoms with Crippen LogP contribution >= 0.6 is 23.1 Å². The van der Waals surface area contributed by atoms with Crippen molar-refractivity contribution in [1.29, 1.82) is 0 Å². The zero-order chi connectivity index (χ0) is 21.7. The first kappa shape index (κ1) is 21.9. The van der Waals surface area contributed by atoms with Gasteiger partial charge in [0.15, 0.2) is 4.34 Å². The van der Waals surface area contributed by atoms with E-state index in [9.17, 15) is 19.2 Å². The molecule has 0 saturated carbocycles. The van der Waals surface area contributed by atoms with E-state index in [1.54, 1.807) is 6.92 Å². The monoisotopic (exact) mass is 448 g/mol. The van der Waals surface area contributed by atoms with Crippen LogP contribution in [0.3, 0.4) is 0 Å². The Labute approximate surface area is 181 Å². The second-order valence-electron chi connectivity index (χ2n) is 6.30. The molecule has 0 saturated heterocycles. The third-order valence-electron chi connectivity index (χ3n) is 4.21. The maximum absolute atomic E-state index is 12.6. The smallest absolute Gasteiger partial charge is 0.316 e. The number of carbonyl (C=O) groups excluding carboxylic acids is 4. The number of fused-ring (bicyclic) bond motifs is 1. The molecule has 1 N–H and O–H groups in total. The molecule has 0 bridgehead atoms. The second-order valence-corrected chi connectivity index (χ2v) is 8.50. The molecule has 0 spiro atoms. The van der Waals surface area contributed by atoms with E-state index in [4.69, 9.17) is 4.74 Å². The highest BCUT2D eigenvalue weighted by Crippen LogP contribution is 2.27. The highest BCUT2D eigenvalue weighted by molar-refractivity contribution is 8.01. The van der Waals surface area contributed by atoms with Crippen molar-refractivity contribution in [2.45, 2.75) is 31.0 Å². The third kappa shape index (κ3) is 4.85. The van der Waals surface area contributed by atoms with Crippen molar-refractivity contribution in [3.8, 4) is 0 Å². The summed E-state index contributed by atoms with van der Waals surface area (Å²) in [4.78, 5) is 50.1. The van der Waals surface area contributed by atoms with Gasteiger partial charge in [0.2, 0.25) is 5.13 Å². The molecule has 30 heavy (non-hydrogen) atoms. The quantitative estimate of drug-likeness (QED) is 0.269. The van der Waals surface area contributed by atoms with Gasteiger partial charge in [-0.15, -0.1) is 10.2 Å². The minimum Gasteiger partial charge on any atom is -0.465 e. The van der Waals surface area contributed by atoms with Gasteiger partial charge in [-0.25, -0.2) is 0 Å². The number of benzene rings is 1. The first-order valence-electron chi connectivity index (χ1n) is 9.38. The summed E-state index contributed by atoms with van der Waals surface area (Å²) in [5.41, 5.74) is 0.774. The minimum atomic E-state index is -0.469. The summed E-state index contributed by atoms with van der Waals surface area (Å²) in [6.07, 6.45) is 1.59. The van der Waals surface area contributed by atoms with E-state index in [-0.39, 0.29) is 39.8 Å². The molecular weight excluding hydrogens is 428 g/mol. The highest BCUT2D eigenvalue weighted by Gasteiger charge is 2.35. The number of unbranched alkanes of at least 4 members (excludes halogenated alkanes) is 1. The SMILES string of the molecule is CCCCN1C(=O)c2ccc(C(=O)Nc3nnc(SCC(=O)OCC)s3)cc2C1=O. The minimum absolute atomic E-state index is 0.103. The van der Waals surface area contributed by atoms with Crippen LogP contribution in [-0.2, 0) is 9.53 Å². The van der Waals surface area contributed by atoms with Crippen LogP contribution in [0.25, 0.3) is 0 Å². The molecule has 1 aromatic carbocycles. The van der Waals surface area contributed by atoms with Gasteiger partial charge in [-0.3, -0.25) is 29.4 Å². The average Bonchev–Trinajstić information content (AvgIpc) is 3.27. The third-order valence-corrected chi connectivity index (χ3v) is 6.16. The maximum atomic E-state index is 12.6. The number of imide groups is 1. The topological polar surface area (TPSA) is 119 Å². The number of amides is 3. The molecule has 2 aromatic rings. The lowest BCUT2D eigenvalue weighted by atomic mass is 10.1. The van der Waals surface area contributed by atoms with E-state index in [0.717, 1.165) is 24.2 Å². The summed E-state index contributed by atoms with van der Waals surface area (Å²) < 4.78 is 5.36. The van der Waals surface area contributed by atoms with Crippen LogP contribution in [-0.4, -0.2) is 57.7 Å². The number of hydrogen-bond donors (Lipinski definition) is 1. The van der Waals surface area contributed by atoms with Gasteiger partial charge in [-0.2, -0.15) is 0 Å². The number of hydrogen-bond acceptors (Lipinski definition) is 9. The number of aromatic nitrogens is 2. The van der Waals surface area contributed by atoms with Crippen molar-refractivity contribution in [2.24, 2.45) is 0 Å². The number of ether oxygens (including phenoxy) is 1. The largest absolute Gasteiger partial charge is 0.465 e. The molecule has 0 unspecified atom stereocenters. The lowest BCUT2D eigenvalue weighted by molar-refractivity contribution is -0.139. The Kier molecular flexibility index (Phi) is 7.16. The normalized spacial score (nSPS) is 12.8. The van der Waals surface area contributed by atoms with Crippen LogP contribution in [0.5, 0.6) is 0 Å². The van der Waals surface area contributed by atoms with E-state index in [1.165, 1.54) is 34.9 Å². The number of esters is 1. The zero-order valence-corrected chi connectivity index (χ0v) is 18.1. The molecule has 0 fully saturated rings. The standard InChI is InChI=1S/C19H20N4O5S2/c1-3-5-8-23-16(26)12-7-6-11(9-13(12)17(23)27)15(25)20-18-21-22-19(30-18)29-10-14(24)28-4-2/h6-7,9H,3-5,8,10H2,1-2H3,(H,20,21,25). The molecule has 3 rings (SSSR count). The second kappa shape index (κ2) is 9.81. The molecule has 3 amide bonds. The number of thioether (sulfide) groups is 1. The number of carbonyl (C=O) groups is 4. The van der Waals surface area contributed by atoms with Crippen molar-refractivity contribution < 1.29 is 23.9 Å². The fourth-order valence-corrected chi connectivity index (χ4v) is 4.31. The first-order chi connectivity index (χ1) is 14.4. The Hall–Kier alpha value is -2.79. The number of nitrogens with zero attached hydrogens (tertiary/aromatic N) is 3. The summed E-state index contributed by atoms with van der Waals surface area (Å²) in [5.74, 6) is -1.43. The Morgan fingerprint density at radius 2 is 1.93 bits per heavy atom. The van der Waals surface area contributed by atoms with Gasteiger partial charge < -0.3 is 4.74 Å². The molecule has 11 heteroatoms. The predicted molar refractivity (Wildman–Crippen MR) is 112 cm³/mol. The fourth-order valence-electron chi connectivity index (χ4n) is 2.76. The number of anilines is 1. The van der Waals surface area contributed by atoms with E-state index < -0.39 is 5.91 Å². The molecule has 1 aliphatic rings. The van der Waals surface area contributed by atoms with Gasteiger partial charge >= 0.3 is 5.97 Å². The van der Waals surface area contributed by atoms with E-state index in [2.05, 4.69) is 15.5 Å². The molecule has 1 aliphatic heterocycles. The lowest BCUT2D eigenvalue weighted by Crippen LogP contribution is -2.30. The Morgan fingerprint density at radius 1 is 1.17 bits per heavy atom. The van der Waals surface area contributed by atoms with Gasteiger partial charge in [0.25, 0.3) is 17.7 Å². The van der Waals surface area contributed by atoms with Crippen molar-refractivity contribution in [3.63, 3.8) is 0 Å². The van der Waals surface area contributed by atoms with Crippen LogP contribution in [0.4, 0.5) is 5.13 Å². The molecular formula is C19H20N4O5S2. The molecule has 0 radical (unpaired) electrons. The van der Waals surface area contributed by atoms with Crippen LogP contribution in [0.1, 0.15) is 57.8 Å². The Balaban J connectivity index is 1.65. The number of rotatable bonds is 9. The summed E-state index contributed by atoms with van der Waals surface area (Å²) in [6.45, 7) is 4.38. The molecule has 1 aromatic heterocycles. The predicted octanol–water partition coefficient (Wildman–Crippen LogP) is 2.84. The van der Waals surface area contributed by atoms with Crippen LogP contribution < -0.4 is 5.32 Å². The van der Waals surface area contributed by atoms with Gasteiger partial charge in [0.05, 0.1) is 23.5 Å². The molecule has 2 heterocycles. The molecule has 0 atom stereocenters. The summed E-state index contributed by atoms with van der Waals surface area (Å²) >= 11 is 2.29. The fraction of sp³-hybridized carbons (Fsp3) is 0.368. The van der Waals surface area contributed by atoms with Crippen LogP contribution in [0.2, 0.25) is 0 Å². The summed E-state index contributed by atoms with van der Waals surface area (Å²) in [7, 11) is 0. The van der Waals surface area contributed by atoms with Crippen molar-refractivity contribution >= 4 is 51.9 Å². The van der Waals surface area contributed by atoms with Crippen LogP contribution in [0.15, 0.2) is 22.5 Å². The van der Waals surface area contributed by atoms with Gasteiger partial charge in [0, 0.05) is 12.1 Å². The van der Waals surface area contributed by atoms with Crippen molar-refractivity contribution in [2.75, 3.05) is 24.2 Å². The van der Waals surface area contributed by atoms with Gasteiger partial charge in [-0.05, 0) is 31.5 Å². The van der Waals surface area contributed by atoms with Crippen molar-refractivity contribution in [1.82, 2.24) is 15.1 Å². The van der Waals surface area contributed by atoms with Crippen LogP contribution in [0, 0.1) is 0 Å². The molecule has 158 valence electrons. The zero-order valence-electron chi connectivity index (χ0n) is 16.5. The van der Waals surface area contributed by atoms with Crippen molar-refractivity contribution in [3.05, 3.63) is 34.9 Å². The van der Waals surface area contributed by atoms with E-state index in [1.807, 2.05) is 6.92 Å².